The average molecular weight is 325 g/mol. The first-order chi connectivity index (χ1) is 9.83. The number of carbonyl (C=O) groups is 1. The number of thiazole rings is 1. The van der Waals surface area contributed by atoms with E-state index < -0.39 is 15.8 Å². The molecule has 0 fully saturated rings. The summed E-state index contributed by atoms with van der Waals surface area (Å²) in [4.78, 5) is 14.7. The van der Waals surface area contributed by atoms with E-state index in [0.29, 0.717) is 0 Å². The van der Waals surface area contributed by atoms with Gasteiger partial charge in [0.2, 0.25) is 0 Å². The lowest BCUT2D eigenvalue weighted by molar-refractivity contribution is 0.101. The summed E-state index contributed by atoms with van der Waals surface area (Å²) >= 11 is 0.951. The van der Waals surface area contributed by atoms with Crippen molar-refractivity contribution in [1.82, 2.24) is 4.98 Å². The summed E-state index contributed by atoms with van der Waals surface area (Å²) in [7, 11) is -4.01. The molecule has 0 bridgehead atoms. The number of nitrogens with one attached hydrogen (secondary N) is 1. The molecule has 2 aromatic rings. The minimum Gasteiger partial charge on any atom is -0.293 e. The number of hydrogen-bond donors (Lipinski definition) is 1. The number of Topliss-reactive ketones (excluding diaryl/α,β-unsaturated/α-hetero) is 1. The number of carbonyl (C=O) groups excluding carboxylic acids is 1. The Labute approximate surface area is 123 Å². The molecule has 0 atom stereocenters. The fourth-order valence-electron chi connectivity index (χ4n) is 1.41. The fourth-order valence-corrected chi connectivity index (χ4v) is 3.44. The van der Waals surface area contributed by atoms with Crippen molar-refractivity contribution in [3.05, 3.63) is 40.7 Å². The van der Waals surface area contributed by atoms with Crippen LogP contribution in [-0.2, 0) is 10.0 Å². The van der Waals surface area contributed by atoms with Crippen LogP contribution in [0.2, 0.25) is 0 Å². The van der Waals surface area contributed by atoms with Crippen LogP contribution < -0.4 is 4.72 Å². The van der Waals surface area contributed by atoms with Crippen LogP contribution in [0.5, 0.6) is 0 Å². The van der Waals surface area contributed by atoms with Crippen LogP contribution in [-0.4, -0.2) is 19.2 Å². The number of benzene rings is 1. The van der Waals surface area contributed by atoms with Gasteiger partial charge in [0.1, 0.15) is 17.6 Å². The Hall–Kier alpha value is -2.31. The first-order valence-corrected chi connectivity index (χ1v) is 7.88. The Kier molecular flexibility index (Phi) is 4.02. The molecule has 0 unspecified atom stereocenters. The zero-order chi connectivity index (χ0) is 15.6. The molecule has 0 saturated heterocycles. The molecule has 1 aromatic carbocycles. The van der Waals surface area contributed by atoms with Gasteiger partial charge in [0.25, 0.3) is 10.0 Å². The predicted octanol–water partition coefficient (Wildman–Crippen LogP) is 2.16. The Morgan fingerprint density at radius 3 is 2.76 bits per heavy atom. The molecule has 2 rings (SSSR count). The highest BCUT2D eigenvalue weighted by atomic mass is 32.2. The van der Waals surface area contributed by atoms with E-state index in [0.717, 1.165) is 29.5 Å². The third kappa shape index (κ3) is 3.24. The van der Waals surface area contributed by atoms with Crippen molar-refractivity contribution in [2.24, 2.45) is 0 Å². The SMILES string of the molecule is CC(=O)c1csc(NS(=O)(=O)c2ccc(F)c(C#N)c2)n1. The highest BCUT2D eigenvalue weighted by molar-refractivity contribution is 7.93. The van der Waals surface area contributed by atoms with Crippen molar-refractivity contribution in [3.63, 3.8) is 0 Å². The van der Waals surface area contributed by atoms with E-state index in [1.807, 2.05) is 0 Å². The van der Waals surface area contributed by atoms with Crippen LogP contribution in [0.25, 0.3) is 0 Å². The number of ketones is 1. The topological polar surface area (TPSA) is 99.9 Å². The van der Waals surface area contributed by atoms with E-state index in [-0.39, 0.29) is 27.1 Å². The normalized spacial score (nSPS) is 10.9. The molecular formula is C12H8FN3O3S2. The number of halogens is 1. The van der Waals surface area contributed by atoms with Gasteiger partial charge in [-0.05, 0) is 18.2 Å². The summed E-state index contributed by atoms with van der Waals surface area (Å²) in [5.74, 6) is -1.09. The van der Waals surface area contributed by atoms with E-state index >= 15 is 0 Å². The van der Waals surface area contributed by atoms with Gasteiger partial charge in [0.15, 0.2) is 10.9 Å². The number of hydrogen-bond acceptors (Lipinski definition) is 6. The first-order valence-electron chi connectivity index (χ1n) is 5.52. The Morgan fingerprint density at radius 1 is 1.48 bits per heavy atom. The number of sulfonamides is 1. The average Bonchev–Trinajstić information content (AvgIpc) is 2.87. The molecule has 108 valence electrons. The molecule has 0 aliphatic rings. The van der Waals surface area contributed by atoms with E-state index in [1.54, 1.807) is 6.07 Å². The number of aromatic nitrogens is 1. The molecule has 0 saturated carbocycles. The number of anilines is 1. The van der Waals surface area contributed by atoms with Crippen LogP contribution >= 0.6 is 11.3 Å². The largest absolute Gasteiger partial charge is 0.293 e. The molecule has 1 aromatic heterocycles. The monoisotopic (exact) mass is 325 g/mol. The number of nitriles is 1. The van der Waals surface area contributed by atoms with Crippen molar-refractivity contribution >= 4 is 32.3 Å². The van der Waals surface area contributed by atoms with Crippen LogP contribution in [0.15, 0.2) is 28.5 Å². The van der Waals surface area contributed by atoms with E-state index in [4.69, 9.17) is 5.26 Å². The highest BCUT2D eigenvalue weighted by Gasteiger charge is 2.18. The summed E-state index contributed by atoms with van der Waals surface area (Å²) in [6, 6.07) is 4.43. The fraction of sp³-hybridized carbons (Fsp3) is 0.0833. The van der Waals surface area contributed by atoms with Gasteiger partial charge < -0.3 is 0 Å². The molecule has 6 nitrogen and oxygen atoms in total. The lowest BCUT2D eigenvalue weighted by Crippen LogP contribution is -2.13. The van der Waals surface area contributed by atoms with Crippen molar-refractivity contribution < 1.29 is 17.6 Å². The van der Waals surface area contributed by atoms with E-state index in [9.17, 15) is 17.6 Å². The van der Waals surface area contributed by atoms with Gasteiger partial charge >= 0.3 is 0 Å². The minimum absolute atomic E-state index is 0.0167. The van der Waals surface area contributed by atoms with Gasteiger partial charge in [-0.1, -0.05) is 0 Å². The summed E-state index contributed by atoms with van der Waals surface area (Å²) in [6.45, 7) is 1.31. The maximum Gasteiger partial charge on any atom is 0.263 e. The smallest absolute Gasteiger partial charge is 0.263 e. The lowest BCUT2D eigenvalue weighted by Gasteiger charge is -2.05. The molecule has 1 N–H and O–H groups in total. The molecule has 0 spiro atoms. The molecule has 0 aliphatic heterocycles. The maximum atomic E-state index is 13.2. The molecule has 1 heterocycles. The first kappa shape index (κ1) is 15.1. The van der Waals surface area contributed by atoms with Crippen molar-refractivity contribution in [2.75, 3.05) is 4.72 Å². The van der Waals surface area contributed by atoms with E-state index in [2.05, 4.69) is 9.71 Å². The number of rotatable bonds is 4. The second-order valence-electron chi connectivity index (χ2n) is 3.95. The third-order valence-corrected chi connectivity index (χ3v) is 4.68. The van der Waals surface area contributed by atoms with Gasteiger partial charge in [-0.15, -0.1) is 11.3 Å². The quantitative estimate of drug-likeness (QED) is 0.868. The summed E-state index contributed by atoms with van der Waals surface area (Å²) < 4.78 is 39.6. The maximum absolute atomic E-state index is 13.2. The Bertz CT molecular complexity index is 853. The predicted molar refractivity (Wildman–Crippen MR) is 74.0 cm³/mol. The van der Waals surface area contributed by atoms with Gasteiger partial charge in [-0.2, -0.15) is 5.26 Å². The Balaban J connectivity index is 2.34. The van der Waals surface area contributed by atoms with Gasteiger partial charge in [0, 0.05) is 12.3 Å². The zero-order valence-corrected chi connectivity index (χ0v) is 12.3. The summed E-state index contributed by atoms with van der Waals surface area (Å²) in [6.07, 6.45) is 0. The lowest BCUT2D eigenvalue weighted by atomic mass is 10.2. The van der Waals surface area contributed by atoms with Crippen LogP contribution in [0.4, 0.5) is 9.52 Å². The second-order valence-corrected chi connectivity index (χ2v) is 6.49. The number of nitrogens with zero attached hydrogens (tertiary/aromatic N) is 2. The summed E-state index contributed by atoms with van der Waals surface area (Å²) in [5, 5.41) is 10.1. The van der Waals surface area contributed by atoms with E-state index in [1.165, 1.54) is 12.3 Å². The molecule has 21 heavy (non-hydrogen) atoms. The Morgan fingerprint density at radius 2 is 2.19 bits per heavy atom. The van der Waals surface area contributed by atoms with Crippen LogP contribution in [0.3, 0.4) is 0 Å². The zero-order valence-electron chi connectivity index (χ0n) is 10.6. The summed E-state index contributed by atoms with van der Waals surface area (Å²) in [5.41, 5.74) is -0.226. The van der Waals surface area contributed by atoms with Crippen LogP contribution in [0.1, 0.15) is 23.0 Å². The van der Waals surface area contributed by atoms with Crippen molar-refractivity contribution in [3.8, 4) is 6.07 Å². The third-order valence-electron chi connectivity index (χ3n) is 2.46. The van der Waals surface area contributed by atoms with Gasteiger partial charge in [-0.25, -0.2) is 17.8 Å². The minimum atomic E-state index is -4.01. The van der Waals surface area contributed by atoms with Gasteiger partial charge in [0.05, 0.1) is 10.5 Å². The molecule has 9 heteroatoms. The second kappa shape index (κ2) is 5.59. The van der Waals surface area contributed by atoms with Crippen molar-refractivity contribution in [1.29, 1.82) is 5.26 Å². The molecular weight excluding hydrogens is 317 g/mol. The molecule has 0 aliphatic carbocycles. The molecule has 0 amide bonds. The highest BCUT2D eigenvalue weighted by Crippen LogP contribution is 2.21. The van der Waals surface area contributed by atoms with Crippen molar-refractivity contribution in [2.45, 2.75) is 11.8 Å². The van der Waals surface area contributed by atoms with Gasteiger partial charge in [-0.3, -0.25) is 9.52 Å². The van der Waals surface area contributed by atoms with Crippen LogP contribution in [0, 0.1) is 17.1 Å². The molecule has 0 radical (unpaired) electrons. The standard InChI is InChI=1S/C12H8FN3O3S2/c1-7(17)11-6-20-12(15-11)16-21(18,19)9-2-3-10(13)8(4-9)5-14/h2-4,6H,1H3,(H,15,16).